The SMILES string of the molecule is COC(=O)c1cc(N)cc(Cl)c1NCCCN(C)C(C)C. The average Bonchev–Trinajstić information content (AvgIpc) is 2.43. The molecule has 0 unspecified atom stereocenters. The van der Waals surface area contributed by atoms with Gasteiger partial charge in [0.05, 0.1) is 23.4 Å². The second-order valence-corrected chi connectivity index (χ2v) is 5.68. The molecule has 0 amide bonds. The van der Waals surface area contributed by atoms with Crippen LogP contribution < -0.4 is 11.1 Å². The molecule has 0 bridgehead atoms. The standard InChI is InChI=1S/C15H24ClN3O2/c1-10(2)19(3)7-5-6-18-14-12(15(20)21-4)8-11(17)9-13(14)16/h8-10,18H,5-7,17H2,1-4H3. The van der Waals surface area contributed by atoms with E-state index >= 15 is 0 Å². The van der Waals surface area contributed by atoms with E-state index in [1.807, 2.05) is 0 Å². The number of anilines is 2. The Bertz CT molecular complexity index is 492. The molecule has 1 rings (SSSR count). The number of hydrogen-bond acceptors (Lipinski definition) is 5. The molecule has 1 aromatic rings. The number of halogens is 1. The highest BCUT2D eigenvalue weighted by molar-refractivity contribution is 6.34. The molecule has 1 aromatic carbocycles. The predicted molar refractivity (Wildman–Crippen MR) is 88.1 cm³/mol. The van der Waals surface area contributed by atoms with Gasteiger partial charge in [-0.15, -0.1) is 0 Å². The third-order valence-corrected chi connectivity index (χ3v) is 3.69. The lowest BCUT2D eigenvalue weighted by molar-refractivity contribution is 0.0602. The van der Waals surface area contributed by atoms with Crippen LogP contribution in [0, 0.1) is 0 Å². The van der Waals surface area contributed by atoms with Crippen molar-refractivity contribution in [2.75, 3.05) is 38.3 Å². The Morgan fingerprint density at radius 1 is 1.48 bits per heavy atom. The van der Waals surface area contributed by atoms with Crippen molar-refractivity contribution >= 4 is 28.9 Å². The van der Waals surface area contributed by atoms with Gasteiger partial charge >= 0.3 is 5.97 Å². The molecule has 0 saturated heterocycles. The van der Waals surface area contributed by atoms with Crippen molar-refractivity contribution < 1.29 is 9.53 Å². The molecule has 5 nitrogen and oxygen atoms in total. The summed E-state index contributed by atoms with van der Waals surface area (Å²) >= 11 is 6.17. The number of nitrogens with two attached hydrogens (primary N) is 1. The van der Waals surface area contributed by atoms with Gasteiger partial charge in [0.1, 0.15) is 0 Å². The number of hydrogen-bond donors (Lipinski definition) is 2. The van der Waals surface area contributed by atoms with E-state index in [0.29, 0.717) is 34.5 Å². The molecule has 0 spiro atoms. The largest absolute Gasteiger partial charge is 0.465 e. The second-order valence-electron chi connectivity index (χ2n) is 5.27. The van der Waals surface area contributed by atoms with Crippen molar-refractivity contribution in [3.63, 3.8) is 0 Å². The summed E-state index contributed by atoms with van der Waals surface area (Å²) in [7, 11) is 3.42. The van der Waals surface area contributed by atoms with Crippen LogP contribution in [-0.2, 0) is 4.74 Å². The van der Waals surface area contributed by atoms with E-state index in [-0.39, 0.29) is 0 Å². The highest BCUT2D eigenvalue weighted by Crippen LogP contribution is 2.29. The fourth-order valence-electron chi connectivity index (χ4n) is 1.88. The third kappa shape index (κ3) is 5.10. The van der Waals surface area contributed by atoms with Crippen LogP contribution in [0.2, 0.25) is 5.02 Å². The normalized spacial score (nSPS) is 11.0. The smallest absolute Gasteiger partial charge is 0.340 e. The highest BCUT2D eigenvalue weighted by atomic mass is 35.5. The number of nitrogens with zero attached hydrogens (tertiary/aromatic N) is 1. The maximum absolute atomic E-state index is 11.8. The first-order valence-electron chi connectivity index (χ1n) is 6.98. The fourth-order valence-corrected chi connectivity index (χ4v) is 2.17. The predicted octanol–water partition coefficient (Wildman–Crippen LogP) is 2.85. The monoisotopic (exact) mass is 313 g/mol. The highest BCUT2D eigenvalue weighted by Gasteiger charge is 2.16. The molecule has 21 heavy (non-hydrogen) atoms. The molecule has 0 radical (unpaired) electrons. The van der Waals surface area contributed by atoms with Gasteiger partial charge in [0, 0.05) is 18.3 Å². The molecule has 0 saturated carbocycles. The molecule has 0 aromatic heterocycles. The van der Waals surface area contributed by atoms with Gasteiger partial charge in [-0.1, -0.05) is 11.6 Å². The Morgan fingerprint density at radius 3 is 2.71 bits per heavy atom. The van der Waals surface area contributed by atoms with E-state index in [9.17, 15) is 4.79 Å². The Hall–Kier alpha value is -1.46. The topological polar surface area (TPSA) is 67.6 Å². The first-order chi connectivity index (χ1) is 9.86. The van der Waals surface area contributed by atoms with E-state index < -0.39 is 5.97 Å². The van der Waals surface area contributed by atoms with Crippen LogP contribution in [0.25, 0.3) is 0 Å². The van der Waals surface area contributed by atoms with Crippen LogP contribution in [0.5, 0.6) is 0 Å². The zero-order valence-corrected chi connectivity index (χ0v) is 13.8. The summed E-state index contributed by atoms with van der Waals surface area (Å²) in [5.74, 6) is -0.453. The Balaban J connectivity index is 2.72. The van der Waals surface area contributed by atoms with E-state index in [1.54, 1.807) is 12.1 Å². The quantitative estimate of drug-likeness (QED) is 0.460. The van der Waals surface area contributed by atoms with Gasteiger partial charge in [0.15, 0.2) is 0 Å². The molecule has 118 valence electrons. The van der Waals surface area contributed by atoms with Crippen LogP contribution in [0.15, 0.2) is 12.1 Å². The maximum Gasteiger partial charge on any atom is 0.340 e. The van der Waals surface area contributed by atoms with Crippen molar-refractivity contribution in [1.29, 1.82) is 0 Å². The molecule has 3 N–H and O–H groups in total. The van der Waals surface area contributed by atoms with Crippen LogP contribution in [0.4, 0.5) is 11.4 Å². The molecule has 0 fully saturated rings. The number of methoxy groups -OCH3 is 1. The molecule has 6 heteroatoms. The van der Waals surface area contributed by atoms with Gasteiger partial charge in [-0.3, -0.25) is 0 Å². The number of esters is 1. The molecule has 0 aliphatic rings. The van der Waals surface area contributed by atoms with Crippen molar-refractivity contribution in [2.24, 2.45) is 0 Å². The minimum atomic E-state index is -0.453. The van der Waals surface area contributed by atoms with Crippen molar-refractivity contribution in [3.05, 3.63) is 22.7 Å². The van der Waals surface area contributed by atoms with Crippen LogP contribution in [0.3, 0.4) is 0 Å². The van der Waals surface area contributed by atoms with E-state index in [0.717, 1.165) is 13.0 Å². The van der Waals surface area contributed by atoms with E-state index in [2.05, 4.69) is 31.1 Å². The third-order valence-electron chi connectivity index (χ3n) is 3.39. The van der Waals surface area contributed by atoms with Gasteiger partial charge in [0.2, 0.25) is 0 Å². The van der Waals surface area contributed by atoms with Crippen LogP contribution >= 0.6 is 11.6 Å². The van der Waals surface area contributed by atoms with Crippen molar-refractivity contribution in [1.82, 2.24) is 4.90 Å². The number of carbonyl (C=O) groups excluding carboxylic acids is 1. The van der Waals surface area contributed by atoms with Gasteiger partial charge in [-0.2, -0.15) is 0 Å². The van der Waals surface area contributed by atoms with E-state index in [1.165, 1.54) is 7.11 Å². The van der Waals surface area contributed by atoms with Gasteiger partial charge in [-0.25, -0.2) is 4.79 Å². The zero-order chi connectivity index (χ0) is 16.0. The van der Waals surface area contributed by atoms with Gasteiger partial charge in [0.25, 0.3) is 0 Å². The summed E-state index contributed by atoms with van der Waals surface area (Å²) in [4.78, 5) is 14.0. The Labute approximate surface area is 131 Å². The number of rotatable bonds is 7. The molecule has 0 atom stereocenters. The maximum atomic E-state index is 11.8. The summed E-state index contributed by atoms with van der Waals surface area (Å²) in [5, 5.41) is 3.63. The summed E-state index contributed by atoms with van der Waals surface area (Å²) in [5.41, 5.74) is 7.09. The lowest BCUT2D eigenvalue weighted by Gasteiger charge is -2.21. The van der Waals surface area contributed by atoms with Gasteiger partial charge in [-0.05, 0) is 46.0 Å². The minimum Gasteiger partial charge on any atom is -0.465 e. The summed E-state index contributed by atoms with van der Waals surface area (Å²) in [6.07, 6.45) is 0.940. The number of carbonyl (C=O) groups is 1. The minimum absolute atomic E-state index is 0.361. The summed E-state index contributed by atoms with van der Waals surface area (Å²) in [6.45, 7) is 5.98. The number of benzene rings is 1. The average molecular weight is 314 g/mol. The molecule has 0 heterocycles. The first-order valence-corrected chi connectivity index (χ1v) is 7.36. The summed E-state index contributed by atoms with van der Waals surface area (Å²) in [6, 6.07) is 3.70. The molecular formula is C15H24ClN3O2. The van der Waals surface area contributed by atoms with Crippen LogP contribution in [-0.4, -0.2) is 44.2 Å². The van der Waals surface area contributed by atoms with Crippen molar-refractivity contribution in [2.45, 2.75) is 26.3 Å². The fraction of sp³-hybridized carbons (Fsp3) is 0.533. The van der Waals surface area contributed by atoms with Crippen LogP contribution in [0.1, 0.15) is 30.6 Å². The first kappa shape index (κ1) is 17.6. The Morgan fingerprint density at radius 2 is 2.14 bits per heavy atom. The lowest BCUT2D eigenvalue weighted by atomic mass is 10.1. The van der Waals surface area contributed by atoms with E-state index in [4.69, 9.17) is 22.1 Å². The number of ether oxygens (including phenoxy) is 1. The number of nitrogens with one attached hydrogen (secondary N) is 1. The Kier molecular flexibility index (Phi) is 6.78. The summed E-state index contributed by atoms with van der Waals surface area (Å²) < 4.78 is 4.76. The second kappa shape index (κ2) is 8.10. The van der Waals surface area contributed by atoms with Gasteiger partial charge < -0.3 is 20.7 Å². The van der Waals surface area contributed by atoms with Crippen molar-refractivity contribution in [3.8, 4) is 0 Å². The molecular weight excluding hydrogens is 290 g/mol. The number of nitrogen functional groups attached to an aromatic ring is 1. The lowest BCUT2D eigenvalue weighted by Crippen LogP contribution is -2.28. The molecule has 0 aliphatic heterocycles. The zero-order valence-electron chi connectivity index (χ0n) is 13.1. The molecule has 0 aliphatic carbocycles.